The Morgan fingerprint density at radius 1 is 1.42 bits per heavy atom. The van der Waals surface area contributed by atoms with Crippen molar-refractivity contribution in [2.75, 3.05) is 0 Å². The lowest BCUT2D eigenvalue weighted by Gasteiger charge is -2.40. The van der Waals surface area contributed by atoms with Crippen LogP contribution >= 0.6 is 0 Å². The quantitative estimate of drug-likeness (QED) is 0.630. The minimum absolute atomic E-state index is 0.250. The molecule has 0 aliphatic heterocycles. The van der Waals surface area contributed by atoms with Crippen LogP contribution in [-0.4, -0.2) is 21.9 Å². The van der Waals surface area contributed by atoms with Gasteiger partial charge in [-0.05, 0) is 24.7 Å². The average Bonchev–Trinajstić information content (AvgIpc) is 1.97. The van der Waals surface area contributed by atoms with Crippen molar-refractivity contribution in [1.29, 1.82) is 0 Å². The largest absolute Gasteiger partial charge is 0.393 e. The Morgan fingerprint density at radius 2 is 2.00 bits per heavy atom. The number of aliphatic hydroxyl groups excluding tert-OH is 1. The average molecular weight is 172 g/mol. The van der Waals surface area contributed by atoms with Gasteiger partial charge in [0.15, 0.2) is 0 Å². The summed E-state index contributed by atoms with van der Waals surface area (Å²) in [6, 6.07) is 0. The highest BCUT2D eigenvalue weighted by Crippen LogP contribution is 2.36. The molecule has 1 saturated carbocycles. The minimum atomic E-state index is -0.619. The summed E-state index contributed by atoms with van der Waals surface area (Å²) in [4.78, 5) is 0. The number of hydrogen-bond acceptors (Lipinski definition) is 2. The zero-order chi connectivity index (χ0) is 9.35. The van der Waals surface area contributed by atoms with E-state index in [-0.39, 0.29) is 12.0 Å². The Kier molecular flexibility index (Phi) is 2.79. The molecular formula is C10H20O2. The van der Waals surface area contributed by atoms with E-state index in [0.717, 1.165) is 12.8 Å². The van der Waals surface area contributed by atoms with Crippen LogP contribution in [0.1, 0.15) is 40.0 Å². The molecule has 0 aromatic heterocycles. The fraction of sp³-hybridized carbons (Fsp3) is 1.00. The van der Waals surface area contributed by atoms with E-state index in [1.54, 1.807) is 0 Å². The highest BCUT2D eigenvalue weighted by Gasteiger charge is 2.39. The Morgan fingerprint density at radius 3 is 2.42 bits per heavy atom. The second-order valence-electron chi connectivity index (χ2n) is 4.55. The van der Waals surface area contributed by atoms with Gasteiger partial charge in [-0.15, -0.1) is 0 Å². The molecule has 1 aliphatic carbocycles. The summed E-state index contributed by atoms with van der Waals surface area (Å²) in [6.45, 7) is 6.08. The monoisotopic (exact) mass is 172 g/mol. The highest BCUT2D eigenvalue weighted by atomic mass is 16.3. The van der Waals surface area contributed by atoms with Crippen LogP contribution < -0.4 is 0 Å². The SMILES string of the molecule is CC(C)[C@]1(O)CC[C@H](C)[C@H](O)C1. The Hall–Kier alpha value is -0.0800. The van der Waals surface area contributed by atoms with Crippen LogP contribution in [0.5, 0.6) is 0 Å². The predicted octanol–water partition coefficient (Wildman–Crippen LogP) is 1.55. The first-order chi connectivity index (χ1) is 5.46. The molecule has 0 heterocycles. The van der Waals surface area contributed by atoms with E-state index in [1.165, 1.54) is 0 Å². The van der Waals surface area contributed by atoms with E-state index in [4.69, 9.17) is 0 Å². The van der Waals surface area contributed by atoms with Gasteiger partial charge in [-0.25, -0.2) is 0 Å². The van der Waals surface area contributed by atoms with Crippen molar-refractivity contribution in [2.24, 2.45) is 11.8 Å². The van der Waals surface area contributed by atoms with Gasteiger partial charge in [0.1, 0.15) is 0 Å². The van der Waals surface area contributed by atoms with E-state index in [0.29, 0.717) is 12.3 Å². The fourth-order valence-corrected chi connectivity index (χ4v) is 1.86. The summed E-state index contributed by atoms with van der Waals surface area (Å²) in [5.74, 6) is 0.601. The lowest BCUT2D eigenvalue weighted by molar-refractivity contribution is -0.0932. The molecule has 2 N–H and O–H groups in total. The van der Waals surface area contributed by atoms with Crippen molar-refractivity contribution in [3.63, 3.8) is 0 Å². The van der Waals surface area contributed by atoms with Gasteiger partial charge in [-0.1, -0.05) is 20.8 Å². The fourth-order valence-electron chi connectivity index (χ4n) is 1.86. The van der Waals surface area contributed by atoms with Crippen LogP contribution in [-0.2, 0) is 0 Å². The molecule has 72 valence electrons. The Balaban J connectivity index is 2.60. The summed E-state index contributed by atoms with van der Waals surface area (Å²) >= 11 is 0. The van der Waals surface area contributed by atoms with Crippen molar-refractivity contribution in [3.8, 4) is 0 Å². The maximum absolute atomic E-state index is 10.1. The second-order valence-corrected chi connectivity index (χ2v) is 4.55. The van der Waals surface area contributed by atoms with Crippen LogP contribution in [0.15, 0.2) is 0 Å². The molecule has 1 aliphatic rings. The maximum Gasteiger partial charge on any atom is 0.0695 e. The van der Waals surface area contributed by atoms with Gasteiger partial charge in [0.05, 0.1) is 11.7 Å². The lowest BCUT2D eigenvalue weighted by Crippen LogP contribution is -2.44. The first-order valence-corrected chi connectivity index (χ1v) is 4.86. The molecule has 0 aromatic carbocycles. The molecule has 0 radical (unpaired) electrons. The third kappa shape index (κ3) is 1.80. The summed E-state index contributed by atoms with van der Waals surface area (Å²) in [7, 11) is 0. The van der Waals surface area contributed by atoms with Crippen LogP contribution in [0.3, 0.4) is 0 Å². The topological polar surface area (TPSA) is 40.5 Å². The van der Waals surface area contributed by atoms with Gasteiger partial charge in [0.2, 0.25) is 0 Å². The Labute approximate surface area is 74.6 Å². The molecule has 1 fully saturated rings. The normalized spacial score (nSPS) is 43.5. The van der Waals surface area contributed by atoms with E-state index >= 15 is 0 Å². The molecule has 12 heavy (non-hydrogen) atoms. The van der Waals surface area contributed by atoms with E-state index in [9.17, 15) is 10.2 Å². The van der Waals surface area contributed by atoms with E-state index in [1.807, 2.05) is 20.8 Å². The van der Waals surface area contributed by atoms with Crippen molar-refractivity contribution in [2.45, 2.75) is 51.7 Å². The third-order valence-electron chi connectivity index (χ3n) is 3.33. The molecule has 0 saturated heterocycles. The second kappa shape index (κ2) is 3.35. The zero-order valence-corrected chi connectivity index (χ0v) is 8.25. The van der Waals surface area contributed by atoms with Crippen molar-refractivity contribution >= 4 is 0 Å². The van der Waals surface area contributed by atoms with Gasteiger partial charge in [-0.2, -0.15) is 0 Å². The van der Waals surface area contributed by atoms with E-state index < -0.39 is 5.60 Å². The third-order valence-corrected chi connectivity index (χ3v) is 3.33. The summed E-state index contributed by atoms with van der Waals surface area (Å²) < 4.78 is 0. The smallest absolute Gasteiger partial charge is 0.0695 e. The van der Waals surface area contributed by atoms with Gasteiger partial charge in [0.25, 0.3) is 0 Å². The number of hydrogen-bond donors (Lipinski definition) is 2. The van der Waals surface area contributed by atoms with Crippen molar-refractivity contribution in [1.82, 2.24) is 0 Å². The van der Waals surface area contributed by atoms with Crippen molar-refractivity contribution in [3.05, 3.63) is 0 Å². The number of rotatable bonds is 1. The summed E-state index contributed by atoms with van der Waals surface area (Å²) in [6.07, 6.45) is 2.01. The van der Waals surface area contributed by atoms with Gasteiger partial charge in [0, 0.05) is 6.42 Å². The van der Waals surface area contributed by atoms with Gasteiger partial charge < -0.3 is 10.2 Å². The van der Waals surface area contributed by atoms with Crippen LogP contribution in [0.25, 0.3) is 0 Å². The molecule has 0 bridgehead atoms. The standard InChI is InChI=1S/C10H20O2/c1-7(2)10(12)5-4-8(3)9(11)6-10/h7-9,11-12H,4-6H2,1-3H3/t8-,9+,10-/m0/s1. The molecule has 3 atom stereocenters. The molecule has 2 nitrogen and oxygen atoms in total. The number of aliphatic hydroxyl groups is 2. The summed E-state index contributed by atoms with van der Waals surface area (Å²) in [5.41, 5.74) is -0.619. The molecule has 0 amide bonds. The Bertz CT molecular complexity index is 156. The van der Waals surface area contributed by atoms with Crippen molar-refractivity contribution < 1.29 is 10.2 Å². The highest BCUT2D eigenvalue weighted by molar-refractivity contribution is 4.91. The molecule has 0 unspecified atom stereocenters. The zero-order valence-electron chi connectivity index (χ0n) is 8.25. The van der Waals surface area contributed by atoms with E-state index in [2.05, 4.69) is 0 Å². The molecule has 1 rings (SSSR count). The molecule has 0 spiro atoms. The predicted molar refractivity (Wildman–Crippen MR) is 48.8 cm³/mol. The molecule has 2 heteroatoms. The van der Waals surface area contributed by atoms with Gasteiger partial charge in [-0.3, -0.25) is 0 Å². The van der Waals surface area contributed by atoms with Gasteiger partial charge >= 0.3 is 0 Å². The maximum atomic E-state index is 10.1. The first-order valence-electron chi connectivity index (χ1n) is 4.86. The van der Waals surface area contributed by atoms with Crippen LogP contribution in [0.2, 0.25) is 0 Å². The minimum Gasteiger partial charge on any atom is -0.393 e. The summed E-state index contributed by atoms with van der Waals surface area (Å²) in [5, 5.41) is 19.7. The van der Waals surface area contributed by atoms with Crippen LogP contribution in [0, 0.1) is 11.8 Å². The molecular weight excluding hydrogens is 152 g/mol. The lowest BCUT2D eigenvalue weighted by atomic mass is 9.72. The first kappa shape index (κ1) is 10.0. The van der Waals surface area contributed by atoms with Crippen LogP contribution in [0.4, 0.5) is 0 Å². The molecule has 0 aromatic rings.